The number of aromatic nitrogens is 1. The van der Waals surface area contributed by atoms with Crippen molar-refractivity contribution in [1.29, 1.82) is 0 Å². The average Bonchev–Trinajstić information content (AvgIpc) is 3.23. The lowest BCUT2D eigenvalue weighted by Gasteiger charge is -2.08. The van der Waals surface area contributed by atoms with Gasteiger partial charge in [0, 0.05) is 17.8 Å². The SMILES string of the molecule is CC(CNC(=O)c1cc2ccccc2o1)c1nc2ccccc2s1. The summed E-state index contributed by atoms with van der Waals surface area (Å²) in [5.74, 6) is 0.294. The summed E-state index contributed by atoms with van der Waals surface area (Å²) in [6.45, 7) is 2.59. The number of thiazole rings is 1. The van der Waals surface area contributed by atoms with E-state index in [1.807, 2.05) is 42.5 Å². The predicted molar refractivity (Wildman–Crippen MR) is 96.6 cm³/mol. The predicted octanol–water partition coefficient (Wildman–Crippen LogP) is 4.58. The minimum atomic E-state index is -0.195. The summed E-state index contributed by atoms with van der Waals surface area (Å²) in [6.07, 6.45) is 0. The van der Waals surface area contributed by atoms with Crippen LogP contribution in [0.5, 0.6) is 0 Å². The molecule has 1 atom stereocenters. The molecule has 4 aromatic rings. The van der Waals surface area contributed by atoms with Crippen LogP contribution in [0.25, 0.3) is 21.2 Å². The molecule has 1 N–H and O–H groups in total. The molecular formula is C19H16N2O2S. The Kier molecular flexibility index (Phi) is 3.78. The molecule has 2 aromatic heterocycles. The molecule has 0 spiro atoms. The van der Waals surface area contributed by atoms with E-state index in [1.165, 1.54) is 4.70 Å². The first-order valence-electron chi connectivity index (χ1n) is 7.83. The van der Waals surface area contributed by atoms with Crippen LogP contribution < -0.4 is 5.32 Å². The quantitative estimate of drug-likeness (QED) is 0.593. The monoisotopic (exact) mass is 336 g/mol. The van der Waals surface area contributed by atoms with Crippen molar-refractivity contribution in [2.24, 2.45) is 0 Å². The number of hydrogen-bond acceptors (Lipinski definition) is 4. The van der Waals surface area contributed by atoms with Crippen LogP contribution in [0.15, 0.2) is 59.0 Å². The van der Waals surface area contributed by atoms with Crippen LogP contribution in [0.3, 0.4) is 0 Å². The zero-order chi connectivity index (χ0) is 16.5. The van der Waals surface area contributed by atoms with Crippen molar-refractivity contribution in [2.45, 2.75) is 12.8 Å². The number of carbonyl (C=O) groups is 1. The number of benzene rings is 2. The lowest BCUT2D eigenvalue weighted by molar-refractivity contribution is 0.0926. The fraction of sp³-hybridized carbons (Fsp3) is 0.158. The average molecular weight is 336 g/mol. The second kappa shape index (κ2) is 6.09. The van der Waals surface area contributed by atoms with Gasteiger partial charge in [-0.05, 0) is 24.3 Å². The van der Waals surface area contributed by atoms with Crippen LogP contribution in [0.4, 0.5) is 0 Å². The summed E-state index contributed by atoms with van der Waals surface area (Å²) in [4.78, 5) is 16.9. The van der Waals surface area contributed by atoms with Crippen LogP contribution in [0.1, 0.15) is 28.4 Å². The van der Waals surface area contributed by atoms with E-state index in [1.54, 1.807) is 17.4 Å². The van der Waals surface area contributed by atoms with Crippen molar-refractivity contribution >= 4 is 38.4 Å². The van der Waals surface area contributed by atoms with Crippen molar-refractivity contribution < 1.29 is 9.21 Å². The molecule has 5 heteroatoms. The van der Waals surface area contributed by atoms with E-state index in [4.69, 9.17) is 4.42 Å². The molecule has 1 amide bonds. The van der Waals surface area contributed by atoms with Gasteiger partial charge < -0.3 is 9.73 Å². The third kappa shape index (κ3) is 2.78. The van der Waals surface area contributed by atoms with Crippen molar-refractivity contribution in [1.82, 2.24) is 10.3 Å². The van der Waals surface area contributed by atoms with Crippen molar-refractivity contribution in [3.8, 4) is 0 Å². The highest BCUT2D eigenvalue weighted by Gasteiger charge is 2.16. The van der Waals surface area contributed by atoms with E-state index in [-0.39, 0.29) is 11.8 Å². The molecule has 0 aliphatic heterocycles. The molecule has 0 saturated heterocycles. The highest BCUT2D eigenvalue weighted by Crippen LogP contribution is 2.27. The number of furan rings is 1. The van der Waals surface area contributed by atoms with Gasteiger partial charge in [0.2, 0.25) is 0 Å². The highest BCUT2D eigenvalue weighted by molar-refractivity contribution is 7.18. The third-order valence-electron chi connectivity index (χ3n) is 3.95. The van der Waals surface area contributed by atoms with E-state index in [0.717, 1.165) is 21.5 Å². The number of amides is 1. The Labute approximate surface area is 143 Å². The van der Waals surface area contributed by atoms with Gasteiger partial charge in [-0.2, -0.15) is 0 Å². The molecule has 0 aliphatic rings. The van der Waals surface area contributed by atoms with E-state index < -0.39 is 0 Å². The van der Waals surface area contributed by atoms with Gasteiger partial charge in [0.25, 0.3) is 5.91 Å². The molecule has 4 rings (SSSR count). The number of nitrogens with one attached hydrogen (secondary N) is 1. The second-order valence-corrected chi connectivity index (χ2v) is 6.84. The highest BCUT2D eigenvalue weighted by atomic mass is 32.1. The van der Waals surface area contributed by atoms with Crippen LogP contribution >= 0.6 is 11.3 Å². The van der Waals surface area contributed by atoms with Crippen LogP contribution in [0.2, 0.25) is 0 Å². The molecule has 2 heterocycles. The molecule has 0 saturated carbocycles. The van der Waals surface area contributed by atoms with Gasteiger partial charge in [0.15, 0.2) is 5.76 Å². The van der Waals surface area contributed by atoms with Crippen LogP contribution in [-0.4, -0.2) is 17.4 Å². The van der Waals surface area contributed by atoms with Gasteiger partial charge >= 0.3 is 0 Å². The Hall–Kier alpha value is -2.66. The Morgan fingerprint density at radius 3 is 2.83 bits per heavy atom. The molecule has 2 aromatic carbocycles. The summed E-state index contributed by atoms with van der Waals surface area (Å²) >= 11 is 1.67. The number of nitrogens with zero attached hydrogens (tertiary/aromatic N) is 1. The molecule has 0 fully saturated rings. The molecule has 4 nitrogen and oxygen atoms in total. The topological polar surface area (TPSA) is 55.1 Å². The smallest absolute Gasteiger partial charge is 0.287 e. The van der Waals surface area contributed by atoms with Gasteiger partial charge in [-0.3, -0.25) is 4.79 Å². The molecule has 1 unspecified atom stereocenters. The van der Waals surface area contributed by atoms with E-state index in [0.29, 0.717) is 12.3 Å². The van der Waals surface area contributed by atoms with Crippen LogP contribution in [-0.2, 0) is 0 Å². The largest absolute Gasteiger partial charge is 0.451 e. The minimum absolute atomic E-state index is 0.149. The van der Waals surface area contributed by atoms with Crippen LogP contribution in [0, 0.1) is 0 Å². The molecule has 0 bridgehead atoms. The fourth-order valence-electron chi connectivity index (χ4n) is 2.61. The maximum atomic E-state index is 12.3. The minimum Gasteiger partial charge on any atom is -0.451 e. The van der Waals surface area contributed by atoms with Gasteiger partial charge in [0.05, 0.1) is 15.2 Å². The van der Waals surface area contributed by atoms with Gasteiger partial charge in [0.1, 0.15) is 5.58 Å². The molecular weight excluding hydrogens is 320 g/mol. The zero-order valence-corrected chi connectivity index (χ0v) is 14.0. The van der Waals surface area contributed by atoms with E-state index >= 15 is 0 Å². The van der Waals surface area contributed by atoms with Crippen molar-refractivity contribution in [3.05, 3.63) is 65.4 Å². The van der Waals surface area contributed by atoms with Gasteiger partial charge in [-0.15, -0.1) is 11.3 Å². The van der Waals surface area contributed by atoms with E-state index in [2.05, 4.69) is 23.3 Å². The third-order valence-corrected chi connectivity index (χ3v) is 5.22. The lowest BCUT2D eigenvalue weighted by atomic mass is 10.2. The summed E-state index contributed by atoms with van der Waals surface area (Å²) in [5, 5.41) is 4.90. The van der Waals surface area contributed by atoms with Crippen molar-refractivity contribution in [2.75, 3.05) is 6.54 Å². The Balaban J connectivity index is 1.46. The Morgan fingerprint density at radius 2 is 2.00 bits per heavy atom. The number of fused-ring (bicyclic) bond motifs is 2. The lowest BCUT2D eigenvalue weighted by Crippen LogP contribution is -2.27. The van der Waals surface area contributed by atoms with E-state index in [9.17, 15) is 4.79 Å². The normalized spacial score (nSPS) is 12.5. The summed E-state index contributed by atoms with van der Waals surface area (Å²) < 4.78 is 6.76. The first-order chi connectivity index (χ1) is 11.7. The first kappa shape index (κ1) is 14.9. The summed E-state index contributed by atoms with van der Waals surface area (Å²) in [5.41, 5.74) is 1.73. The molecule has 0 radical (unpaired) electrons. The first-order valence-corrected chi connectivity index (χ1v) is 8.64. The van der Waals surface area contributed by atoms with Gasteiger partial charge in [-0.25, -0.2) is 4.98 Å². The molecule has 120 valence electrons. The number of hydrogen-bond donors (Lipinski definition) is 1. The number of para-hydroxylation sites is 2. The number of rotatable bonds is 4. The van der Waals surface area contributed by atoms with Crippen molar-refractivity contribution in [3.63, 3.8) is 0 Å². The molecule has 0 aliphatic carbocycles. The Bertz CT molecular complexity index is 952. The maximum Gasteiger partial charge on any atom is 0.287 e. The summed E-state index contributed by atoms with van der Waals surface area (Å²) in [6, 6.07) is 17.4. The Morgan fingerprint density at radius 1 is 1.21 bits per heavy atom. The second-order valence-electron chi connectivity index (χ2n) is 5.78. The maximum absolute atomic E-state index is 12.3. The fourth-order valence-corrected chi connectivity index (χ4v) is 3.63. The standard InChI is InChI=1S/C19H16N2O2S/c1-12(19-21-14-7-3-5-9-17(14)24-19)11-20-18(22)16-10-13-6-2-4-8-15(13)23-16/h2-10,12H,11H2,1H3,(H,20,22). The zero-order valence-electron chi connectivity index (χ0n) is 13.2. The summed E-state index contributed by atoms with van der Waals surface area (Å²) in [7, 11) is 0. The number of carbonyl (C=O) groups excluding carboxylic acids is 1. The molecule has 24 heavy (non-hydrogen) atoms. The van der Waals surface area contributed by atoms with Gasteiger partial charge in [-0.1, -0.05) is 37.3 Å².